The van der Waals surface area contributed by atoms with E-state index in [1.54, 1.807) is 36.2 Å². The van der Waals surface area contributed by atoms with Crippen LogP contribution in [0.3, 0.4) is 0 Å². The van der Waals surface area contributed by atoms with Crippen molar-refractivity contribution in [2.24, 2.45) is 7.05 Å². The van der Waals surface area contributed by atoms with Crippen LogP contribution < -0.4 is 9.47 Å². The highest BCUT2D eigenvalue weighted by molar-refractivity contribution is 5.92. The number of pyridine rings is 1. The van der Waals surface area contributed by atoms with Crippen LogP contribution >= 0.6 is 0 Å². The minimum atomic E-state index is -0.0660. The van der Waals surface area contributed by atoms with E-state index in [2.05, 4.69) is 10.1 Å². The quantitative estimate of drug-likeness (QED) is 0.659. The van der Waals surface area contributed by atoms with Crippen molar-refractivity contribution in [3.05, 3.63) is 65.7 Å². The van der Waals surface area contributed by atoms with Gasteiger partial charge in [-0.3, -0.25) is 9.48 Å². The van der Waals surface area contributed by atoms with Gasteiger partial charge in [0.1, 0.15) is 22.9 Å². The molecule has 150 valence electrons. The van der Waals surface area contributed by atoms with Gasteiger partial charge >= 0.3 is 0 Å². The minimum Gasteiger partial charge on any atom is -0.497 e. The van der Waals surface area contributed by atoms with Crippen LogP contribution in [0.1, 0.15) is 40.6 Å². The van der Waals surface area contributed by atoms with Crippen molar-refractivity contribution >= 4 is 5.91 Å². The SMILES string of the molecule is COc1cccc(Oc2ccc(C(=O)N3CCCC3c3cn(C)nc3C)nc2)c1. The molecule has 0 saturated carbocycles. The monoisotopic (exact) mass is 392 g/mol. The molecule has 1 atom stereocenters. The van der Waals surface area contributed by atoms with E-state index in [0.29, 0.717) is 22.9 Å². The Hall–Kier alpha value is -3.35. The van der Waals surface area contributed by atoms with Crippen molar-refractivity contribution in [1.82, 2.24) is 19.7 Å². The highest BCUT2D eigenvalue weighted by atomic mass is 16.5. The van der Waals surface area contributed by atoms with Gasteiger partial charge in [-0.25, -0.2) is 4.98 Å². The van der Waals surface area contributed by atoms with Crippen molar-refractivity contribution in [3.63, 3.8) is 0 Å². The molecule has 0 bridgehead atoms. The maximum absolute atomic E-state index is 13.1. The number of ether oxygens (including phenoxy) is 2. The minimum absolute atomic E-state index is 0.0470. The molecular formula is C22H24N4O3. The summed E-state index contributed by atoms with van der Waals surface area (Å²) in [5.41, 5.74) is 2.49. The first kappa shape index (κ1) is 19.0. The highest BCUT2D eigenvalue weighted by Crippen LogP contribution is 2.34. The molecule has 1 saturated heterocycles. The van der Waals surface area contributed by atoms with Crippen LogP contribution in [0.4, 0.5) is 0 Å². The van der Waals surface area contributed by atoms with E-state index in [-0.39, 0.29) is 11.9 Å². The molecule has 7 nitrogen and oxygen atoms in total. The normalized spacial score (nSPS) is 16.1. The van der Waals surface area contributed by atoms with Crippen LogP contribution in [0.5, 0.6) is 17.2 Å². The second kappa shape index (κ2) is 7.95. The zero-order valence-corrected chi connectivity index (χ0v) is 16.8. The molecular weight excluding hydrogens is 368 g/mol. The summed E-state index contributed by atoms with van der Waals surface area (Å²) in [7, 11) is 3.51. The first-order valence-electron chi connectivity index (χ1n) is 9.64. The van der Waals surface area contributed by atoms with Gasteiger partial charge in [-0.05, 0) is 44.0 Å². The number of benzene rings is 1. The number of nitrogens with zero attached hydrogens (tertiary/aromatic N) is 4. The third-order valence-corrected chi connectivity index (χ3v) is 5.16. The number of aryl methyl sites for hydroxylation is 2. The molecule has 0 spiro atoms. The van der Waals surface area contributed by atoms with Crippen LogP contribution in [-0.4, -0.2) is 39.2 Å². The van der Waals surface area contributed by atoms with E-state index in [9.17, 15) is 4.79 Å². The number of aromatic nitrogens is 3. The van der Waals surface area contributed by atoms with Crippen molar-refractivity contribution in [2.75, 3.05) is 13.7 Å². The third kappa shape index (κ3) is 3.94. The van der Waals surface area contributed by atoms with E-state index >= 15 is 0 Å². The van der Waals surface area contributed by atoms with Crippen molar-refractivity contribution < 1.29 is 14.3 Å². The summed E-state index contributed by atoms with van der Waals surface area (Å²) < 4.78 is 12.8. The molecule has 4 rings (SSSR count). The molecule has 0 aliphatic carbocycles. The Balaban J connectivity index is 1.49. The standard InChI is InChI=1S/C22H24N4O3/c1-15-19(14-25(2)24-15)21-8-5-11-26(21)22(27)20-10-9-18(13-23-20)29-17-7-4-6-16(12-17)28-3/h4,6-7,9-10,12-14,21H,5,8,11H2,1-3H3. The third-order valence-electron chi connectivity index (χ3n) is 5.16. The predicted molar refractivity (Wildman–Crippen MR) is 108 cm³/mol. The number of methoxy groups -OCH3 is 1. The number of amides is 1. The van der Waals surface area contributed by atoms with Gasteiger partial charge in [0.15, 0.2) is 0 Å². The van der Waals surface area contributed by atoms with Crippen molar-refractivity contribution in [1.29, 1.82) is 0 Å². The highest BCUT2D eigenvalue weighted by Gasteiger charge is 2.33. The molecule has 7 heteroatoms. The average molecular weight is 392 g/mol. The summed E-state index contributed by atoms with van der Waals surface area (Å²) in [4.78, 5) is 19.3. The van der Waals surface area contributed by atoms with Gasteiger partial charge < -0.3 is 14.4 Å². The summed E-state index contributed by atoms with van der Waals surface area (Å²) in [6, 6.07) is 10.9. The topological polar surface area (TPSA) is 69.5 Å². The Kier molecular flexibility index (Phi) is 5.20. The number of hydrogen-bond acceptors (Lipinski definition) is 5. The maximum atomic E-state index is 13.1. The Morgan fingerprint density at radius 2 is 2.00 bits per heavy atom. The zero-order valence-electron chi connectivity index (χ0n) is 16.8. The van der Waals surface area contributed by atoms with Crippen molar-refractivity contribution in [2.45, 2.75) is 25.8 Å². The fourth-order valence-corrected chi connectivity index (χ4v) is 3.79. The van der Waals surface area contributed by atoms with Gasteiger partial charge in [-0.1, -0.05) is 6.07 Å². The Bertz CT molecular complexity index is 1010. The summed E-state index contributed by atoms with van der Waals surface area (Å²) in [5.74, 6) is 1.87. The second-order valence-electron chi connectivity index (χ2n) is 7.16. The van der Waals surface area contributed by atoms with Crippen LogP contribution in [0.25, 0.3) is 0 Å². The predicted octanol–water partition coefficient (Wildman–Crippen LogP) is 3.90. The van der Waals surface area contributed by atoms with Crippen LogP contribution in [0.2, 0.25) is 0 Å². The molecule has 0 radical (unpaired) electrons. The van der Waals surface area contributed by atoms with Crippen LogP contribution in [0.15, 0.2) is 48.8 Å². The lowest BCUT2D eigenvalue weighted by Crippen LogP contribution is -2.31. The number of rotatable bonds is 5. The molecule has 3 heterocycles. The van der Waals surface area contributed by atoms with E-state index in [1.165, 1.54) is 0 Å². The molecule has 1 aromatic carbocycles. The van der Waals surface area contributed by atoms with E-state index < -0.39 is 0 Å². The number of likely N-dealkylation sites (tertiary alicyclic amines) is 1. The lowest BCUT2D eigenvalue weighted by molar-refractivity contribution is 0.0729. The zero-order chi connectivity index (χ0) is 20.4. The van der Waals surface area contributed by atoms with Crippen molar-refractivity contribution in [3.8, 4) is 17.2 Å². The molecule has 1 aliphatic heterocycles. The fraction of sp³-hybridized carbons (Fsp3) is 0.318. The Morgan fingerprint density at radius 1 is 1.17 bits per heavy atom. The second-order valence-corrected chi connectivity index (χ2v) is 7.16. The van der Waals surface area contributed by atoms with E-state index in [0.717, 1.165) is 30.6 Å². The molecule has 1 amide bonds. The summed E-state index contributed by atoms with van der Waals surface area (Å²) in [5, 5.41) is 4.42. The molecule has 3 aromatic rings. The molecule has 1 unspecified atom stereocenters. The average Bonchev–Trinajstić information content (AvgIpc) is 3.34. The van der Waals surface area contributed by atoms with Gasteiger partial charge in [0.05, 0.1) is 25.0 Å². The molecule has 2 aromatic heterocycles. The lowest BCUT2D eigenvalue weighted by atomic mass is 10.1. The number of carbonyl (C=O) groups excluding carboxylic acids is 1. The van der Waals surface area contributed by atoms with Crippen LogP contribution in [0, 0.1) is 6.92 Å². The fourth-order valence-electron chi connectivity index (χ4n) is 3.79. The van der Waals surface area contributed by atoms with Gasteiger partial charge in [-0.15, -0.1) is 0 Å². The summed E-state index contributed by atoms with van der Waals surface area (Å²) >= 11 is 0. The molecule has 1 fully saturated rings. The van der Waals surface area contributed by atoms with Gasteiger partial charge in [0.2, 0.25) is 0 Å². The van der Waals surface area contributed by atoms with E-state index in [4.69, 9.17) is 9.47 Å². The number of hydrogen-bond donors (Lipinski definition) is 0. The first-order valence-corrected chi connectivity index (χ1v) is 9.64. The smallest absolute Gasteiger partial charge is 0.272 e. The first-order chi connectivity index (χ1) is 14.0. The largest absolute Gasteiger partial charge is 0.497 e. The van der Waals surface area contributed by atoms with Gasteiger partial charge in [-0.2, -0.15) is 5.10 Å². The maximum Gasteiger partial charge on any atom is 0.272 e. The Labute approximate surface area is 169 Å². The summed E-state index contributed by atoms with van der Waals surface area (Å²) in [6.07, 6.45) is 5.49. The number of carbonyl (C=O) groups is 1. The molecule has 29 heavy (non-hydrogen) atoms. The molecule has 0 N–H and O–H groups in total. The lowest BCUT2D eigenvalue weighted by Gasteiger charge is -2.24. The van der Waals surface area contributed by atoms with E-state index in [1.807, 2.05) is 43.3 Å². The van der Waals surface area contributed by atoms with Gasteiger partial charge in [0, 0.05) is 31.4 Å². The Morgan fingerprint density at radius 3 is 2.69 bits per heavy atom. The van der Waals surface area contributed by atoms with Gasteiger partial charge in [0.25, 0.3) is 5.91 Å². The summed E-state index contributed by atoms with van der Waals surface area (Å²) in [6.45, 7) is 2.71. The molecule has 1 aliphatic rings. The van der Waals surface area contributed by atoms with Crippen LogP contribution in [-0.2, 0) is 7.05 Å².